The number of aliphatic carboxylic acids is 3. The Balaban J connectivity index is 5.86. The topological polar surface area (TPSA) is 275 Å². The number of nitrogens with two attached hydrogens (primary N) is 1. The summed E-state index contributed by atoms with van der Waals surface area (Å²) in [6.07, 6.45) is -2.97. The van der Waals surface area contributed by atoms with Crippen LogP contribution in [-0.2, 0) is 33.6 Å². The van der Waals surface area contributed by atoms with E-state index in [0.717, 1.165) is 6.92 Å². The van der Waals surface area contributed by atoms with Gasteiger partial charge in [-0.05, 0) is 19.3 Å². The maximum atomic E-state index is 13.1. The van der Waals surface area contributed by atoms with Gasteiger partial charge in [0.25, 0.3) is 0 Å². The number of rotatable bonds is 18. The van der Waals surface area contributed by atoms with Crippen molar-refractivity contribution in [1.29, 1.82) is 0 Å². The van der Waals surface area contributed by atoms with E-state index in [1.165, 1.54) is 0 Å². The number of carboxylic acid groups (broad SMARTS) is 3. The molecule has 7 atom stereocenters. The van der Waals surface area contributed by atoms with Gasteiger partial charge < -0.3 is 47.4 Å². The van der Waals surface area contributed by atoms with E-state index >= 15 is 0 Å². The third kappa shape index (κ3) is 12.8. The molecule has 0 saturated carbocycles. The fraction of sp³-hybridized carbons (Fsp3) is 0.682. The van der Waals surface area contributed by atoms with Gasteiger partial charge in [-0.3, -0.25) is 28.8 Å². The first-order valence-corrected chi connectivity index (χ1v) is 12.6. The normalized spacial score (nSPS) is 16.3. The standard InChI is InChI=1S/C22H37N5O11S/c1-4-9(2)16(20(35)25-13(8-39)22(37)38)26-19(34)12(5-6-14(29)30)24-21(36)17(10(3)28)27-18(33)11(23)7-15(31)32/h9-13,16-17,28,39H,4-8,23H2,1-3H3,(H,24,36)(H,25,35)(H,26,34)(H,27,33)(H,29,30)(H,31,32)(H,37,38)/t9-,10+,11-,12-,13-,16-,17-/m0/s1. The summed E-state index contributed by atoms with van der Waals surface area (Å²) in [6.45, 7) is 4.44. The van der Waals surface area contributed by atoms with E-state index in [-0.39, 0.29) is 5.75 Å². The molecular formula is C22H37N5O11S. The highest BCUT2D eigenvalue weighted by atomic mass is 32.1. The highest BCUT2D eigenvalue weighted by Crippen LogP contribution is 2.11. The predicted molar refractivity (Wildman–Crippen MR) is 137 cm³/mol. The molecule has 17 heteroatoms. The van der Waals surface area contributed by atoms with Gasteiger partial charge in [-0.1, -0.05) is 20.3 Å². The van der Waals surface area contributed by atoms with Gasteiger partial charge in [0.05, 0.1) is 18.6 Å². The largest absolute Gasteiger partial charge is 0.481 e. The van der Waals surface area contributed by atoms with E-state index in [2.05, 4.69) is 33.9 Å². The van der Waals surface area contributed by atoms with E-state index in [0.29, 0.717) is 6.42 Å². The van der Waals surface area contributed by atoms with Crippen molar-refractivity contribution in [3.8, 4) is 0 Å². The molecule has 0 rings (SSSR count). The molecule has 222 valence electrons. The Bertz CT molecular complexity index is 917. The summed E-state index contributed by atoms with van der Waals surface area (Å²) in [5.41, 5.74) is 5.47. The Morgan fingerprint density at radius 3 is 1.72 bits per heavy atom. The zero-order valence-corrected chi connectivity index (χ0v) is 22.6. The maximum Gasteiger partial charge on any atom is 0.327 e. The van der Waals surface area contributed by atoms with Gasteiger partial charge in [-0.2, -0.15) is 12.6 Å². The lowest BCUT2D eigenvalue weighted by molar-refractivity contribution is -0.142. The second-order valence-electron chi connectivity index (χ2n) is 8.88. The first kappa shape index (κ1) is 35.6. The molecule has 0 radical (unpaired) electrons. The lowest BCUT2D eigenvalue weighted by Crippen LogP contribution is -2.61. The molecule has 0 aliphatic carbocycles. The second-order valence-corrected chi connectivity index (χ2v) is 9.24. The van der Waals surface area contributed by atoms with Crippen molar-refractivity contribution in [1.82, 2.24) is 21.3 Å². The molecule has 0 aromatic rings. The minimum Gasteiger partial charge on any atom is -0.481 e. The molecule has 0 aromatic carbocycles. The molecule has 0 aliphatic rings. The first-order valence-electron chi connectivity index (χ1n) is 12.0. The molecule has 0 spiro atoms. The Kier molecular flexibility index (Phi) is 15.7. The van der Waals surface area contributed by atoms with E-state index < -0.39 is 103 Å². The molecule has 0 heterocycles. The van der Waals surface area contributed by atoms with E-state index in [9.17, 15) is 43.8 Å². The Hall–Kier alpha value is -3.44. The van der Waals surface area contributed by atoms with Gasteiger partial charge in [0.2, 0.25) is 23.6 Å². The quantitative estimate of drug-likeness (QED) is 0.0729. The molecule has 16 nitrogen and oxygen atoms in total. The summed E-state index contributed by atoms with van der Waals surface area (Å²) < 4.78 is 0. The summed E-state index contributed by atoms with van der Waals surface area (Å²) >= 11 is 3.87. The number of carboxylic acids is 3. The highest BCUT2D eigenvalue weighted by Gasteiger charge is 2.34. The van der Waals surface area contributed by atoms with Crippen molar-refractivity contribution in [3.05, 3.63) is 0 Å². The minimum atomic E-state index is -1.70. The molecule has 0 fully saturated rings. The Labute approximate surface area is 229 Å². The van der Waals surface area contributed by atoms with E-state index in [1.54, 1.807) is 13.8 Å². The lowest BCUT2D eigenvalue weighted by Gasteiger charge is -2.28. The second kappa shape index (κ2) is 17.2. The SMILES string of the molecule is CC[C@H](C)[C@H](NC(=O)[C@H](CCC(=O)O)NC(=O)[C@@H](NC(=O)[C@@H](N)CC(=O)O)[C@@H](C)O)C(=O)N[C@@H](CS)C(=O)O. The highest BCUT2D eigenvalue weighted by molar-refractivity contribution is 7.80. The molecule has 0 bridgehead atoms. The van der Waals surface area contributed by atoms with Crippen LogP contribution in [0.5, 0.6) is 0 Å². The van der Waals surface area contributed by atoms with Gasteiger partial charge in [0, 0.05) is 12.2 Å². The van der Waals surface area contributed by atoms with Gasteiger partial charge >= 0.3 is 17.9 Å². The molecule has 0 aliphatic heterocycles. The average molecular weight is 580 g/mol. The van der Waals surface area contributed by atoms with Gasteiger partial charge in [0.1, 0.15) is 24.2 Å². The summed E-state index contributed by atoms with van der Waals surface area (Å²) in [5, 5.41) is 46.0. The molecule has 39 heavy (non-hydrogen) atoms. The number of hydrogen-bond acceptors (Lipinski definition) is 10. The van der Waals surface area contributed by atoms with Crippen LogP contribution < -0.4 is 27.0 Å². The van der Waals surface area contributed by atoms with Crippen molar-refractivity contribution < 1.29 is 54.0 Å². The number of hydrogen-bond donors (Lipinski definition) is 10. The smallest absolute Gasteiger partial charge is 0.327 e. The van der Waals surface area contributed by atoms with Crippen LogP contribution in [0.3, 0.4) is 0 Å². The van der Waals surface area contributed by atoms with E-state index in [1.807, 2.05) is 0 Å². The average Bonchev–Trinajstić information content (AvgIpc) is 2.84. The summed E-state index contributed by atoms with van der Waals surface area (Å²) in [7, 11) is 0. The first-order chi connectivity index (χ1) is 18.0. The predicted octanol–water partition coefficient (Wildman–Crippen LogP) is -2.97. The monoisotopic (exact) mass is 579 g/mol. The zero-order chi connectivity index (χ0) is 30.4. The van der Waals surface area contributed by atoms with Crippen molar-refractivity contribution >= 4 is 54.2 Å². The summed E-state index contributed by atoms with van der Waals surface area (Å²) in [4.78, 5) is 84.1. The lowest BCUT2D eigenvalue weighted by atomic mass is 9.97. The zero-order valence-electron chi connectivity index (χ0n) is 21.7. The minimum absolute atomic E-state index is 0.234. The molecule has 0 unspecified atom stereocenters. The maximum absolute atomic E-state index is 13.1. The molecule has 0 aromatic heterocycles. The van der Waals surface area contributed by atoms with Crippen LogP contribution in [-0.4, -0.2) is 104 Å². The van der Waals surface area contributed by atoms with Crippen LogP contribution in [0.15, 0.2) is 0 Å². The van der Waals surface area contributed by atoms with Crippen LogP contribution in [0.25, 0.3) is 0 Å². The van der Waals surface area contributed by atoms with Crippen molar-refractivity contribution in [3.63, 3.8) is 0 Å². The summed E-state index contributed by atoms with van der Waals surface area (Å²) in [5.74, 6) is -8.81. The fourth-order valence-electron chi connectivity index (χ4n) is 3.15. The van der Waals surface area contributed by atoms with Crippen LogP contribution in [0.4, 0.5) is 0 Å². The molecule has 10 N–H and O–H groups in total. The number of aliphatic hydroxyl groups excluding tert-OH is 1. The van der Waals surface area contributed by atoms with E-state index in [4.69, 9.17) is 15.9 Å². The van der Waals surface area contributed by atoms with Gasteiger partial charge in [0.15, 0.2) is 0 Å². The number of amides is 4. The van der Waals surface area contributed by atoms with Gasteiger partial charge in [-0.15, -0.1) is 0 Å². The number of carbonyl (C=O) groups excluding carboxylic acids is 4. The fourth-order valence-corrected chi connectivity index (χ4v) is 3.39. The molecular weight excluding hydrogens is 542 g/mol. The number of carbonyl (C=O) groups is 7. The molecule has 0 saturated heterocycles. The van der Waals surface area contributed by atoms with Crippen molar-refractivity contribution in [2.75, 3.05) is 5.75 Å². The third-order valence-corrected chi connectivity index (χ3v) is 6.03. The number of thiol groups is 1. The van der Waals surface area contributed by atoms with Crippen LogP contribution >= 0.6 is 12.6 Å². The van der Waals surface area contributed by atoms with Crippen molar-refractivity contribution in [2.45, 2.75) is 82.8 Å². The van der Waals surface area contributed by atoms with Crippen LogP contribution in [0, 0.1) is 5.92 Å². The Morgan fingerprint density at radius 1 is 0.769 bits per heavy atom. The van der Waals surface area contributed by atoms with Crippen molar-refractivity contribution in [2.24, 2.45) is 11.7 Å². The molecule has 4 amide bonds. The number of aliphatic hydroxyl groups is 1. The third-order valence-electron chi connectivity index (χ3n) is 5.66. The van der Waals surface area contributed by atoms with Gasteiger partial charge in [-0.25, -0.2) is 4.79 Å². The summed E-state index contributed by atoms with van der Waals surface area (Å²) in [6, 6.07) is -7.43. The number of nitrogens with one attached hydrogen (secondary N) is 4. The van der Waals surface area contributed by atoms with Crippen LogP contribution in [0.1, 0.15) is 46.5 Å². The Morgan fingerprint density at radius 2 is 1.28 bits per heavy atom. The van der Waals surface area contributed by atoms with Crippen LogP contribution in [0.2, 0.25) is 0 Å².